The number of nitrogens with two attached hydrogens (primary N) is 2. The summed E-state index contributed by atoms with van der Waals surface area (Å²) in [5, 5.41) is 8.03. The normalized spacial score (nSPS) is 11.5. The number of halogens is 1. The first kappa shape index (κ1) is 20.2. The lowest BCUT2D eigenvalue weighted by Crippen LogP contribution is -2.22. The zero-order valence-corrected chi connectivity index (χ0v) is 16.1. The summed E-state index contributed by atoms with van der Waals surface area (Å²) in [4.78, 5) is 4.22. The monoisotopic (exact) mass is 462 g/mol. The van der Waals surface area contributed by atoms with Gasteiger partial charge in [0.2, 0.25) is 10.0 Å². The van der Waals surface area contributed by atoms with Crippen molar-refractivity contribution in [3.8, 4) is 5.75 Å². The number of benzene rings is 2. The maximum absolute atomic E-state index is 11.3. The molecule has 0 bridgehead atoms. The summed E-state index contributed by atoms with van der Waals surface area (Å²) in [5.41, 5.74) is 7.27. The van der Waals surface area contributed by atoms with Gasteiger partial charge in [0.15, 0.2) is 5.96 Å². The molecule has 5 N–H and O–H groups in total. The molecule has 130 valence electrons. The molecule has 2 aromatic carbocycles. The molecule has 0 aromatic heterocycles. The SMILES string of the molecule is COc1ccc(NC(N)=NCc2cccc(S(N)(=O)=O)c2)cc1.I. The molecule has 9 heteroatoms. The minimum Gasteiger partial charge on any atom is -0.497 e. The Bertz CT molecular complexity index is 808. The summed E-state index contributed by atoms with van der Waals surface area (Å²) in [7, 11) is -2.14. The fourth-order valence-corrected chi connectivity index (χ4v) is 2.44. The number of anilines is 1. The van der Waals surface area contributed by atoms with E-state index in [4.69, 9.17) is 15.6 Å². The molecular weight excluding hydrogens is 443 g/mol. The molecule has 0 unspecified atom stereocenters. The minimum absolute atomic E-state index is 0. The summed E-state index contributed by atoms with van der Waals surface area (Å²) in [6.45, 7) is 0.234. The molecule has 2 aromatic rings. The Kier molecular flexibility index (Phi) is 7.45. The molecule has 0 amide bonds. The van der Waals surface area contributed by atoms with E-state index in [-0.39, 0.29) is 41.4 Å². The summed E-state index contributed by atoms with van der Waals surface area (Å²) in [5.74, 6) is 0.960. The Morgan fingerprint density at radius 2 is 1.88 bits per heavy atom. The van der Waals surface area contributed by atoms with E-state index in [1.54, 1.807) is 31.4 Å². The van der Waals surface area contributed by atoms with Gasteiger partial charge >= 0.3 is 0 Å². The molecule has 0 saturated carbocycles. The number of hydrogen-bond acceptors (Lipinski definition) is 4. The highest BCUT2D eigenvalue weighted by molar-refractivity contribution is 14.0. The molecule has 0 aliphatic heterocycles. The molecule has 0 aliphatic rings. The highest BCUT2D eigenvalue weighted by Crippen LogP contribution is 2.15. The van der Waals surface area contributed by atoms with Crippen LogP contribution >= 0.6 is 24.0 Å². The van der Waals surface area contributed by atoms with Crippen LogP contribution in [-0.4, -0.2) is 21.5 Å². The van der Waals surface area contributed by atoms with Gasteiger partial charge < -0.3 is 15.8 Å². The van der Waals surface area contributed by atoms with Crippen LogP contribution in [0.1, 0.15) is 5.56 Å². The summed E-state index contributed by atoms with van der Waals surface area (Å²) >= 11 is 0. The van der Waals surface area contributed by atoms with Gasteiger partial charge in [-0.2, -0.15) is 0 Å². The van der Waals surface area contributed by atoms with Crippen molar-refractivity contribution < 1.29 is 13.2 Å². The third-order valence-corrected chi connectivity index (χ3v) is 3.93. The number of methoxy groups -OCH3 is 1. The van der Waals surface area contributed by atoms with Crippen molar-refractivity contribution in [2.45, 2.75) is 11.4 Å². The van der Waals surface area contributed by atoms with Crippen molar-refractivity contribution in [1.29, 1.82) is 0 Å². The number of guanidine groups is 1. The Labute approximate surface area is 158 Å². The van der Waals surface area contributed by atoms with E-state index in [1.165, 1.54) is 12.1 Å². The first-order chi connectivity index (χ1) is 10.9. The van der Waals surface area contributed by atoms with E-state index in [0.717, 1.165) is 11.4 Å². The number of ether oxygens (including phenoxy) is 1. The van der Waals surface area contributed by atoms with Crippen LogP contribution in [0.15, 0.2) is 58.4 Å². The predicted molar refractivity (Wildman–Crippen MR) is 105 cm³/mol. The van der Waals surface area contributed by atoms with E-state index < -0.39 is 10.0 Å². The van der Waals surface area contributed by atoms with Crippen molar-refractivity contribution in [2.24, 2.45) is 15.9 Å². The van der Waals surface area contributed by atoms with Gasteiger partial charge in [-0.05, 0) is 42.0 Å². The summed E-state index contributed by atoms with van der Waals surface area (Å²) < 4.78 is 27.7. The number of primary sulfonamides is 1. The molecular formula is C15H19IN4O3S. The Balaban J connectivity index is 0.00000288. The van der Waals surface area contributed by atoms with Gasteiger partial charge in [-0.3, -0.25) is 0 Å². The molecule has 0 heterocycles. The second-order valence-corrected chi connectivity index (χ2v) is 6.31. The third-order valence-electron chi connectivity index (χ3n) is 3.02. The average molecular weight is 462 g/mol. The summed E-state index contributed by atoms with van der Waals surface area (Å²) in [6.07, 6.45) is 0. The zero-order chi connectivity index (χ0) is 16.9. The lowest BCUT2D eigenvalue weighted by atomic mass is 10.2. The lowest BCUT2D eigenvalue weighted by molar-refractivity contribution is 0.415. The zero-order valence-electron chi connectivity index (χ0n) is 13.0. The van der Waals surface area contributed by atoms with Crippen LogP contribution in [0.25, 0.3) is 0 Å². The number of aliphatic imine (C=N–C) groups is 1. The van der Waals surface area contributed by atoms with Crippen LogP contribution in [-0.2, 0) is 16.6 Å². The standard InChI is InChI=1S/C15H18N4O3S.HI/c1-22-13-7-5-12(6-8-13)19-15(16)18-10-11-3-2-4-14(9-11)23(17,20)21;/h2-9H,10H2,1H3,(H3,16,18,19)(H2,17,20,21);1H. The number of rotatable bonds is 5. The van der Waals surface area contributed by atoms with Crippen molar-refractivity contribution in [1.82, 2.24) is 0 Å². The van der Waals surface area contributed by atoms with Crippen molar-refractivity contribution >= 4 is 45.6 Å². The fourth-order valence-electron chi connectivity index (χ4n) is 1.86. The van der Waals surface area contributed by atoms with Gasteiger partial charge in [0, 0.05) is 5.69 Å². The van der Waals surface area contributed by atoms with Crippen molar-refractivity contribution in [2.75, 3.05) is 12.4 Å². The minimum atomic E-state index is -3.73. The van der Waals surface area contributed by atoms with E-state index in [9.17, 15) is 8.42 Å². The fraction of sp³-hybridized carbons (Fsp3) is 0.133. The van der Waals surface area contributed by atoms with Gasteiger partial charge in [-0.15, -0.1) is 24.0 Å². The van der Waals surface area contributed by atoms with E-state index in [1.807, 2.05) is 12.1 Å². The molecule has 0 radical (unpaired) electrons. The van der Waals surface area contributed by atoms with Gasteiger partial charge in [0.1, 0.15) is 5.75 Å². The van der Waals surface area contributed by atoms with Gasteiger partial charge in [-0.1, -0.05) is 12.1 Å². The van der Waals surface area contributed by atoms with Crippen LogP contribution in [0.5, 0.6) is 5.75 Å². The Morgan fingerprint density at radius 3 is 2.46 bits per heavy atom. The second-order valence-electron chi connectivity index (χ2n) is 4.75. The molecule has 0 saturated heterocycles. The molecule has 0 spiro atoms. The van der Waals surface area contributed by atoms with Gasteiger partial charge in [-0.25, -0.2) is 18.5 Å². The van der Waals surface area contributed by atoms with Crippen molar-refractivity contribution in [3.05, 3.63) is 54.1 Å². The predicted octanol–water partition coefficient (Wildman–Crippen LogP) is 1.89. The van der Waals surface area contributed by atoms with E-state index in [2.05, 4.69) is 10.3 Å². The molecule has 2 rings (SSSR count). The summed E-state index contributed by atoms with van der Waals surface area (Å²) in [6, 6.07) is 13.5. The largest absolute Gasteiger partial charge is 0.497 e. The number of nitrogens with one attached hydrogen (secondary N) is 1. The van der Waals surface area contributed by atoms with Crippen molar-refractivity contribution in [3.63, 3.8) is 0 Å². The van der Waals surface area contributed by atoms with E-state index in [0.29, 0.717) is 5.56 Å². The first-order valence-corrected chi connectivity index (χ1v) is 8.26. The Morgan fingerprint density at radius 1 is 1.21 bits per heavy atom. The average Bonchev–Trinajstić information content (AvgIpc) is 2.53. The number of sulfonamides is 1. The van der Waals surface area contributed by atoms with Crippen LogP contribution < -0.4 is 20.9 Å². The first-order valence-electron chi connectivity index (χ1n) is 6.71. The smallest absolute Gasteiger partial charge is 0.238 e. The molecule has 0 atom stereocenters. The highest BCUT2D eigenvalue weighted by atomic mass is 127. The van der Waals surface area contributed by atoms with Crippen LogP contribution in [0, 0.1) is 0 Å². The van der Waals surface area contributed by atoms with Gasteiger partial charge in [0.05, 0.1) is 18.6 Å². The lowest BCUT2D eigenvalue weighted by Gasteiger charge is -2.07. The molecule has 0 aliphatic carbocycles. The second kappa shape index (κ2) is 8.85. The highest BCUT2D eigenvalue weighted by Gasteiger charge is 2.07. The maximum Gasteiger partial charge on any atom is 0.238 e. The topological polar surface area (TPSA) is 120 Å². The van der Waals surface area contributed by atoms with E-state index >= 15 is 0 Å². The van der Waals surface area contributed by atoms with Crippen LogP contribution in [0.3, 0.4) is 0 Å². The maximum atomic E-state index is 11.3. The molecule has 24 heavy (non-hydrogen) atoms. The third kappa shape index (κ3) is 5.98. The Hall–Kier alpha value is -1.85. The molecule has 0 fully saturated rings. The molecule has 7 nitrogen and oxygen atoms in total. The van der Waals surface area contributed by atoms with Gasteiger partial charge in [0.25, 0.3) is 0 Å². The number of nitrogens with zero attached hydrogens (tertiary/aromatic N) is 1. The van der Waals surface area contributed by atoms with Crippen LogP contribution in [0.2, 0.25) is 0 Å². The van der Waals surface area contributed by atoms with Crippen LogP contribution in [0.4, 0.5) is 5.69 Å². The number of hydrogen-bond donors (Lipinski definition) is 3. The quantitative estimate of drug-likeness (QED) is 0.356.